The van der Waals surface area contributed by atoms with Crippen molar-refractivity contribution in [3.8, 4) is 11.5 Å². The van der Waals surface area contributed by atoms with Gasteiger partial charge in [-0.25, -0.2) is 0 Å². The Bertz CT molecular complexity index is 1150. The normalized spacial score (nSPS) is 12.7. The fraction of sp³-hybridized carbons (Fsp3) is 0.304. The molecule has 3 rings (SSSR count). The van der Waals surface area contributed by atoms with Crippen molar-refractivity contribution in [2.75, 3.05) is 0 Å². The van der Waals surface area contributed by atoms with Crippen molar-refractivity contribution in [3.05, 3.63) is 59.3 Å². The summed E-state index contributed by atoms with van der Waals surface area (Å²) in [6, 6.07) is 9.32. The average molecular weight is 448 g/mol. The molecule has 0 aliphatic heterocycles. The Kier molecular flexibility index (Phi) is 6.47. The molecular formula is C23H23F3N2O4. The highest BCUT2D eigenvalue weighted by atomic mass is 19.4. The number of benzene rings is 2. The van der Waals surface area contributed by atoms with E-state index in [0.717, 1.165) is 17.7 Å². The third-order valence-electron chi connectivity index (χ3n) is 5.41. The minimum absolute atomic E-state index is 0.0294. The van der Waals surface area contributed by atoms with Crippen LogP contribution in [0.15, 0.2) is 42.5 Å². The van der Waals surface area contributed by atoms with Gasteiger partial charge < -0.3 is 15.6 Å². The molecule has 9 heteroatoms. The van der Waals surface area contributed by atoms with Crippen molar-refractivity contribution in [1.82, 2.24) is 4.57 Å². The lowest BCUT2D eigenvalue weighted by atomic mass is 9.89. The number of rotatable bonds is 7. The Morgan fingerprint density at radius 1 is 1.16 bits per heavy atom. The number of aromatic hydroxyl groups is 1. The summed E-state index contributed by atoms with van der Waals surface area (Å²) in [4.78, 5) is 24.6. The van der Waals surface area contributed by atoms with Crippen LogP contribution in [0, 0.1) is 6.92 Å². The summed E-state index contributed by atoms with van der Waals surface area (Å²) in [5, 5.41) is 10.7. The smallest absolute Gasteiger partial charge is 0.508 e. The maximum absolute atomic E-state index is 13.3. The second-order valence-corrected chi connectivity index (χ2v) is 7.52. The van der Waals surface area contributed by atoms with Crippen molar-refractivity contribution in [2.24, 2.45) is 5.73 Å². The zero-order valence-corrected chi connectivity index (χ0v) is 17.6. The maximum atomic E-state index is 13.3. The number of hydrogen-bond donors (Lipinski definition) is 2. The molecule has 0 fully saturated rings. The zero-order chi connectivity index (χ0) is 23.6. The van der Waals surface area contributed by atoms with Crippen LogP contribution in [0.2, 0.25) is 0 Å². The SMILES string of the molecule is CC[C@@H](CCC(N)=O)c1c(C)n(C(=O)c2ccc(OC(F)(F)F)cc2)c2ccc(O)cc12. The van der Waals surface area contributed by atoms with Gasteiger partial charge in [-0.3, -0.25) is 14.2 Å². The highest BCUT2D eigenvalue weighted by Crippen LogP contribution is 2.38. The van der Waals surface area contributed by atoms with Crippen LogP contribution in [0.4, 0.5) is 13.2 Å². The average Bonchev–Trinajstić information content (AvgIpc) is 2.98. The summed E-state index contributed by atoms with van der Waals surface area (Å²) in [5.41, 5.74) is 7.48. The topological polar surface area (TPSA) is 94.6 Å². The minimum Gasteiger partial charge on any atom is -0.508 e. The molecule has 0 bridgehead atoms. The zero-order valence-electron chi connectivity index (χ0n) is 17.6. The van der Waals surface area contributed by atoms with Crippen LogP contribution in [-0.4, -0.2) is 27.9 Å². The number of hydrogen-bond acceptors (Lipinski definition) is 4. The van der Waals surface area contributed by atoms with Crippen LogP contribution in [0.25, 0.3) is 10.9 Å². The lowest BCUT2D eigenvalue weighted by Crippen LogP contribution is -2.17. The molecule has 32 heavy (non-hydrogen) atoms. The van der Waals surface area contributed by atoms with E-state index in [1.807, 2.05) is 6.92 Å². The van der Waals surface area contributed by atoms with Gasteiger partial charge in [-0.2, -0.15) is 0 Å². The molecule has 170 valence electrons. The predicted molar refractivity (Wildman–Crippen MR) is 113 cm³/mol. The number of carbonyl (C=O) groups is 2. The van der Waals surface area contributed by atoms with Crippen molar-refractivity contribution < 1.29 is 32.6 Å². The number of amides is 1. The van der Waals surface area contributed by atoms with Gasteiger partial charge >= 0.3 is 6.36 Å². The van der Waals surface area contributed by atoms with Gasteiger partial charge in [0.1, 0.15) is 11.5 Å². The molecule has 0 aliphatic carbocycles. The van der Waals surface area contributed by atoms with E-state index in [9.17, 15) is 27.9 Å². The van der Waals surface area contributed by atoms with Gasteiger partial charge in [0.15, 0.2) is 0 Å². The molecule has 0 spiro atoms. The number of primary amides is 1. The van der Waals surface area contributed by atoms with Gasteiger partial charge in [-0.15, -0.1) is 13.2 Å². The quantitative estimate of drug-likeness (QED) is 0.532. The molecule has 0 radical (unpaired) electrons. The van der Waals surface area contributed by atoms with Gasteiger partial charge in [-0.05, 0) is 73.7 Å². The van der Waals surface area contributed by atoms with E-state index in [0.29, 0.717) is 29.4 Å². The fourth-order valence-corrected chi connectivity index (χ4v) is 4.01. The third kappa shape index (κ3) is 4.87. The minimum atomic E-state index is -4.82. The van der Waals surface area contributed by atoms with Crippen molar-refractivity contribution >= 4 is 22.7 Å². The second kappa shape index (κ2) is 8.94. The summed E-state index contributed by atoms with van der Waals surface area (Å²) in [5.74, 6) is -1.34. The van der Waals surface area contributed by atoms with E-state index in [2.05, 4.69) is 4.74 Å². The number of phenols is 1. The number of fused-ring (bicyclic) bond motifs is 1. The summed E-state index contributed by atoms with van der Waals surface area (Å²) < 4.78 is 42.6. The molecule has 3 N–H and O–H groups in total. The number of halogens is 3. The molecular weight excluding hydrogens is 425 g/mol. The molecule has 1 amide bonds. The lowest BCUT2D eigenvalue weighted by Gasteiger charge is -2.16. The number of alkyl halides is 3. The molecule has 0 saturated heterocycles. The van der Waals surface area contributed by atoms with Crippen LogP contribution < -0.4 is 10.5 Å². The molecule has 1 aromatic heterocycles. The summed E-state index contributed by atoms with van der Waals surface area (Å²) in [7, 11) is 0. The maximum Gasteiger partial charge on any atom is 0.573 e. The van der Waals surface area contributed by atoms with Crippen molar-refractivity contribution in [1.29, 1.82) is 0 Å². The van der Waals surface area contributed by atoms with E-state index < -0.39 is 23.9 Å². The number of carbonyl (C=O) groups excluding carboxylic acids is 2. The first-order valence-electron chi connectivity index (χ1n) is 10.0. The van der Waals surface area contributed by atoms with Gasteiger partial charge in [0.25, 0.3) is 5.91 Å². The van der Waals surface area contributed by atoms with Crippen LogP contribution in [-0.2, 0) is 4.79 Å². The summed E-state index contributed by atoms with van der Waals surface area (Å²) in [6.45, 7) is 3.72. The molecule has 1 atom stereocenters. The molecule has 1 heterocycles. The third-order valence-corrected chi connectivity index (χ3v) is 5.41. The van der Waals surface area contributed by atoms with Crippen LogP contribution in [0.1, 0.15) is 53.7 Å². The number of aromatic nitrogens is 1. The highest BCUT2D eigenvalue weighted by Gasteiger charge is 2.31. The molecule has 0 saturated carbocycles. The van der Waals surface area contributed by atoms with Gasteiger partial charge in [0.2, 0.25) is 5.91 Å². The van der Waals surface area contributed by atoms with Gasteiger partial charge in [0.05, 0.1) is 5.52 Å². The number of phenolic OH excluding ortho intramolecular Hbond substituents is 1. The Morgan fingerprint density at radius 2 is 1.81 bits per heavy atom. The van der Waals surface area contributed by atoms with E-state index in [-0.39, 0.29) is 23.7 Å². The second-order valence-electron chi connectivity index (χ2n) is 7.52. The first-order valence-corrected chi connectivity index (χ1v) is 10.0. The Morgan fingerprint density at radius 3 is 2.38 bits per heavy atom. The molecule has 0 unspecified atom stereocenters. The Labute approximate surface area is 182 Å². The van der Waals surface area contributed by atoms with E-state index in [1.54, 1.807) is 19.1 Å². The van der Waals surface area contributed by atoms with Crippen LogP contribution in [0.5, 0.6) is 11.5 Å². The summed E-state index contributed by atoms with van der Waals surface area (Å²) in [6.07, 6.45) is -3.48. The Balaban J connectivity index is 2.07. The van der Waals surface area contributed by atoms with Gasteiger partial charge in [-0.1, -0.05) is 6.92 Å². The first-order chi connectivity index (χ1) is 15.0. The number of nitrogens with zero attached hydrogens (tertiary/aromatic N) is 1. The van der Waals surface area contributed by atoms with Crippen molar-refractivity contribution in [3.63, 3.8) is 0 Å². The predicted octanol–water partition coefficient (Wildman–Crippen LogP) is 5.00. The van der Waals surface area contributed by atoms with Crippen molar-refractivity contribution in [2.45, 2.75) is 45.4 Å². The fourth-order valence-electron chi connectivity index (χ4n) is 4.01. The lowest BCUT2D eigenvalue weighted by molar-refractivity contribution is -0.274. The Hall–Kier alpha value is -3.49. The summed E-state index contributed by atoms with van der Waals surface area (Å²) >= 11 is 0. The van der Waals surface area contributed by atoms with Crippen LogP contribution in [0.3, 0.4) is 0 Å². The largest absolute Gasteiger partial charge is 0.573 e. The molecule has 3 aromatic rings. The van der Waals surface area contributed by atoms with E-state index >= 15 is 0 Å². The molecule has 0 aliphatic rings. The van der Waals surface area contributed by atoms with E-state index in [1.165, 1.54) is 22.8 Å². The highest BCUT2D eigenvalue weighted by molar-refractivity contribution is 6.04. The first kappa shape index (κ1) is 23.2. The van der Waals surface area contributed by atoms with E-state index in [4.69, 9.17) is 5.73 Å². The molecule has 6 nitrogen and oxygen atoms in total. The monoisotopic (exact) mass is 448 g/mol. The van der Waals surface area contributed by atoms with Crippen LogP contribution >= 0.6 is 0 Å². The number of nitrogens with two attached hydrogens (primary N) is 1. The van der Waals surface area contributed by atoms with Gasteiger partial charge in [0, 0.05) is 23.1 Å². The number of ether oxygens (including phenoxy) is 1. The molecule has 2 aromatic carbocycles. The standard InChI is InChI=1S/C23H23F3N2O4/c1-3-14(6-11-20(27)30)21-13(2)28(19-10-7-16(29)12-18(19)21)22(31)15-4-8-17(9-5-15)32-23(24,25)26/h4-5,7-10,12,14,29H,3,6,11H2,1-2H3,(H2,27,30)/t14-/m0/s1.